The van der Waals surface area contributed by atoms with Crippen molar-refractivity contribution in [2.45, 2.75) is 123 Å². The Kier molecular flexibility index (Phi) is 12.1. The van der Waals surface area contributed by atoms with Crippen molar-refractivity contribution in [1.29, 1.82) is 0 Å². The van der Waals surface area contributed by atoms with Crippen molar-refractivity contribution < 1.29 is 90.1 Å². The first-order valence-corrected chi connectivity index (χ1v) is 14.1. The highest BCUT2D eigenvalue weighted by Gasteiger charge is 2.53. The summed E-state index contributed by atoms with van der Waals surface area (Å²) in [5.41, 5.74) is 0.0228. The fourth-order valence-corrected chi connectivity index (χ4v) is 5.74. The minimum absolute atomic E-state index is 0.0228. The molecule has 0 spiro atoms. The van der Waals surface area contributed by atoms with Gasteiger partial charge in [-0.05, 0) is 12.5 Å². The van der Waals surface area contributed by atoms with Crippen LogP contribution in [0.4, 0.5) is 0 Å². The lowest BCUT2D eigenvalue weighted by Crippen LogP contribution is -2.68. The standard InChI is InChI=1S/C25H43NO18/c1-6-11(26-8-2-7(3-27)12(30)16(34)13(8)31)15(33)19(37)23(40-6)43-22-10(5-29)42-25(21(39)18(22)36)44-24-20(38)17(35)14(32)9(4-28)41-24/h2,6,8-39H,3-5H2,1H3/t6?,8-,9+,10+,11+,12+,13-,14+,15+,16-,17-,18+,19-,20+,21+,22+,23+,24+,25+/m0/s1. The Morgan fingerprint density at radius 2 is 1.16 bits per heavy atom. The van der Waals surface area contributed by atoms with E-state index >= 15 is 0 Å². The van der Waals surface area contributed by atoms with Crippen molar-refractivity contribution in [2.24, 2.45) is 0 Å². The van der Waals surface area contributed by atoms with Crippen molar-refractivity contribution in [1.82, 2.24) is 5.32 Å². The molecule has 4 aliphatic rings. The molecule has 1 unspecified atom stereocenters. The summed E-state index contributed by atoms with van der Waals surface area (Å²) in [7, 11) is 0. The van der Waals surface area contributed by atoms with E-state index in [0.29, 0.717) is 0 Å². The maximum Gasteiger partial charge on any atom is 0.189 e. The fourth-order valence-electron chi connectivity index (χ4n) is 5.74. The molecule has 44 heavy (non-hydrogen) atoms. The Bertz CT molecular complexity index is 958. The van der Waals surface area contributed by atoms with E-state index in [1.165, 1.54) is 13.0 Å². The van der Waals surface area contributed by atoms with Crippen LogP contribution in [0.15, 0.2) is 11.6 Å². The van der Waals surface area contributed by atoms with Gasteiger partial charge in [0.25, 0.3) is 0 Å². The van der Waals surface area contributed by atoms with Gasteiger partial charge in [-0.2, -0.15) is 0 Å². The molecule has 4 rings (SSSR count). The minimum atomic E-state index is -1.94. The number of aliphatic hydroxyl groups excluding tert-OH is 13. The number of ether oxygens (including phenoxy) is 5. The molecule has 0 saturated carbocycles. The van der Waals surface area contributed by atoms with Crippen LogP contribution >= 0.6 is 0 Å². The van der Waals surface area contributed by atoms with Crippen molar-refractivity contribution in [3.8, 4) is 0 Å². The molecule has 3 heterocycles. The first-order valence-electron chi connectivity index (χ1n) is 14.1. The molecule has 0 aromatic carbocycles. The molecule has 3 saturated heterocycles. The van der Waals surface area contributed by atoms with Crippen LogP contribution in [0.2, 0.25) is 0 Å². The summed E-state index contributed by atoms with van der Waals surface area (Å²) >= 11 is 0. The largest absolute Gasteiger partial charge is 0.394 e. The molecular weight excluding hydrogens is 602 g/mol. The summed E-state index contributed by atoms with van der Waals surface area (Å²) < 4.78 is 27.5. The van der Waals surface area contributed by atoms with Gasteiger partial charge in [-0.1, -0.05) is 6.08 Å². The summed E-state index contributed by atoms with van der Waals surface area (Å²) in [4.78, 5) is 0. The van der Waals surface area contributed by atoms with Crippen molar-refractivity contribution in [2.75, 3.05) is 19.8 Å². The van der Waals surface area contributed by atoms with E-state index in [2.05, 4.69) is 5.32 Å². The van der Waals surface area contributed by atoms with Gasteiger partial charge in [0.15, 0.2) is 18.9 Å². The Labute approximate surface area is 250 Å². The van der Waals surface area contributed by atoms with E-state index in [1.54, 1.807) is 0 Å². The quantitative estimate of drug-likeness (QED) is 0.103. The topological polar surface area (TPSA) is 321 Å². The average Bonchev–Trinajstić information content (AvgIpc) is 3.01. The second kappa shape index (κ2) is 14.8. The SMILES string of the molecule is CC1O[C@H](O[C@H]2[C@H](O)[C@@H](O)[C@@H](O[C@H]3O[C@H](CO)[C@@H](O)[C@H](O)[C@H]3O)O[C@@H]2CO)[C@@H](O)[C@H](O)[C@@H]1N[C@H]1C=C(CO)[C@@H](O)[C@H](O)[C@H]1O. The lowest BCUT2D eigenvalue weighted by Gasteiger charge is -2.48. The molecule has 0 amide bonds. The third-order valence-corrected chi connectivity index (χ3v) is 8.46. The lowest BCUT2D eigenvalue weighted by molar-refractivity contribution is -0.389. The summed E-state index contributed by atoms with van der Waals surface area (Å²) in [6.45, 7) is -0.731. The van der Waals surface area contributed by atoms with Crippen LogP contribution in [-0.2, 0) is 23.7 Å². The van der Waals surface area contributed by atoms with Crippen LogP contribution in [0.1, 0.15) is 6.92 Å². The van der Waals surface area contributed by atoms with E-state index in [9.17, 15) is 66.4 Å². The second-order valence-electron chi connectivity index (χ2n) is 11.4. The van der Waals surface area contributed by atoms with E-state index < -0.39 is 136 Å². The molecule has 0 aromatic rings. The molecule has 1 aliphatic carbocycles. The smallest absolute Gasteiger partial charge is 0.189 e. The van der Waals surface area contributed by atoms with E-state index in [0.717, 1.165) is 0 Å². The number of nitrogens with one attached hydrogen (secondary N) is 1. The fraction of sp³-hybridized carbons (Fsp3) is 0.920. The van der Waals surface area contributed by atoms with Crippen LogP contribution in [0.25, 0.3) is 0 Å². The predicted octanol–water partition coefficient (Wildman–Crippen LogP) is -8.56. The van der Waals surface area contributed by atoms with Gasteiger partial charge < -0.3 is 95.4 Å². The summed E-state index contributed by atoms with van der Waals surface area (Å²) in [6, 6.07) is -2.17. The van der Waals surface area contributed by atoms with Gasteiger partial charge in [0.1, 0.15) is 79.4 Å². The molecule has 0 aromatic heterocycles. The number of rotatable bonds is 9. The van der Waals surface area contributed by atoms with E-state index in [1.807, 2.05) is 0 Å². The molecular formula is C25H43NO18. The molecule has 3 fully saturated rings. The number of hydrogen-bond acceptors (Lipinski definition) is 19. The molecule has 3 aliphatic heterocycles. The molecule has 0 bridgehead atoms. The van der Waals surface area contributed by atoms with Gasteiger partial charge in [-0.25, -0.2) is 0 Å². The number of aliphatic hydroxyl groups is 13. The highest BCUT2D eigenvalue weighted by atomic mass is 16.8. The summed E-state index contributed by atoms with van der Waals surface area (Å²) in [6.07, 6.45) is -26.6. The van der Waals surface area contributed by atoms with Gasteiger partial charge in [-0.3, -0.25) is 0 Å². The zero-order valence-electron chi connectivity index (χ0n) is 23.5. The monoisotopic (exact) mass is 645 g/mol. The number of hydrogen-bond donors (Lipinski definition) is 14. The first-order chi connectivity index (χ1) is 20.7. The minimum Gasteiger partial charge on any atom is -0.394 e. The molecule has 19 heteroatoms. The van der Waals surface area contributed by atoms with Crippen molar-refractivity contribution in [3.63, 3.8) is 0 Å². The molecule has 19 nitrogen and oxygen atoms in total. The van der Waals surface area contributed by atoms with Crippen molar-refractivity contribution in [3.05, 3.63) is 11.6 Å². The molecule has 0 radical (unpaired) electrons. The molecule has 19 atom stereocenters. The van der Waals surface area contributed by atoms with Crippen LogP contribution in [0.5, 0.6) is 0 Å². The Morgan fingerprint density at radius 3 is 1.75 bits per heavy atom. The molecule has 256 valence electrons. The maximum absolute atomic E-state index is 10.9. The van der Waals surface area contributed by atoms with Crippen molar-refractivity contribution >= 4 is 0 Å². The Hall–Kier alpha value is -1.02. The normalized spacial score (nSPS) is 52.0. The third kappa shape index (κ3) is 6.96. The van der Waals surface area contributed by atoms with Gasteiger partial charge in [0, 0.05) is 0 Å². The van der Waals surface area contributed by atoms with Gasteiger partial charge >= 0.3 is 0 Å². The van der Waals surface area contributed by atoms with Gasteiger partial charge in [-0.15, -0.1) is 0 Å². The zero-order chi connectivity index (χ0) is 32.6. The van der Waals surface area contributed by atoms with Crippen LogP contribution in [-0.4, -0.2) is 203 Å². The maximum atomic E-state index is 10.9. The zero-order valence-corrected chi connectivity index (χ0v) is 23.5. The van der Waals surface area contributed by atoms with Crippen LogP contribution in [0, 0.1) is 0 Å². The Morgan fingerprint density at radius 1 is 0.614 bits per heavy atom. The summed E-state index contributed by atoms with van der Waals surface area (Å²) in [5.74, 6) is 0. The second-order valence-corrected chi connectivity index (χ2v) is 11.4. The van der Waals surface area contributed by atoms with Gasteiger partial charge in [0.2, 0.25) is 0 Å². The van der Waals surface area contributed by atoms with Crippen LogP contribution < -0.4 is 5.32 Å². The third-order valence-electron chi connectivity index (χ3n) is 8.46. The lowest BCUT2D eigenvalue weighted by atomic mass is 9.86. The first kappa shape index (κ1) is 35.8. The van der Waals surface area contributed by atoms with Gasteiger partial charge in [0.05, 0.1) is 38.0 Å². The summed E-state index contributed by atoms with van der Waals surface area (Å²) in [5, 5.41) is 136. The van der Waals surface area contributed by atoms with E-state index in [-0.39, 0.29) is 5.57 Å². The highest BCUT2D eigenvalue weighted by Crippen LogP contribution is 2.32. The Balaban J connectivity index is 1.41. The van der Waals surface area contributed by atoms with Crippen LogP contribution in [0.3, 0.4) is 0 Å². The predicted molar refractivity (Wildman–Crippen MR) is 138 cm³/mol. The van der Waals surface area contributed by atoms with E-state index in [4.69, 9.17) is 23.7 Å². The molecule has 14 N–H and O–H groups in total. The average molecular weight is 646 g/mol. The highest BCUT2D eigenvalue weighted by molar-refractivity contribution is 5.22.